The van der Waals surface area contributed by atoms with Crippen molar-refractivity contribution in [1.29, 1.82) is 0 Å². The summed E-state index contributed by atoms with van der Waals surface area (Å²) in [6.45, 7) is 4.19. The Kier molecular flexibility index (Phi) is 9.25. The second kappa shape index (κ2) is 13.2. The van der Waals surface area contributed by atoms with Gasteiger partial charge in [-0.05, 0) is 71.7 Å². The number of hydrogen-bond donors (Lipinski definition) is 1. The molecule has 3 atom stereocenters. The SMILES string of the molecule is CCC(=O)Oc1ccc(CC(=O)Oc2ccc3c(c2)[C@@]2(C)CCCCC[C@@H](C3)[C@@H]2NC(=O)OCc2ccccc2)cc1. The number of esters is 2. The first-order valence-electron chi connectivity index (χ1n) is 14.9. The third-order valence-corrected chi connectivity index (χ3v) is 8.62. The predicted molar refractivity (Wildman–Crippen MR) is 159 cm³/mol. The summed E-state index contributed by atoms with van der Waals surface area (Å²) in [5.41, 5.74) is 3.77. The summed E-state index contributed by atoms with van der Waals surface area (Å²) in [6.07, 6.45) is 6.19. The number of rotatable bonds is 8. The van der Waals surface area contributed by atoms with Crippen molar-refractivity contribution in [3.63, 3.8) is 0 Å². The van der Waals surface area contributed by atoms with Gasteiger partial charge in [0.25, 0.3) is 0 Å². The molecule has 1 saturated carbocycles. The molecule has 1 amide bonds. The molecule has 3 aromatic carbocycles. The summed E-state index contributed by atoms with van der Waals surface area (Å²) >= 11 is 0. The van der Waals surface area contributed by atoms with E-state index in [1.807, 2.05) is 42.5 Å². The standard InChI is InChI=1S/C35H39NO6/c1-3-31(37)41-28-16-13-24(14-17-28)20-32(38)42-29-18-15-26-21-27-12-8-5-9-19-35(2,30(26)22-29)33(27)36-34(39)40-23-25-10-6-4-7-11-25/h4,6-7,10-11,13-18,22,27,33H,3,5,8-9,12,19-21,23H2,1-2H3,(H,36,39)/t27-,33-,35+/m0/s1. The molecule has 2 aliphatic carbocycles. The van der Waals surface area contributed by atoms with Crippen molar-refractivity contribution < 1.29 is 28.6 Å². The van der Waals surface area contributed by atoms with Crippen molar-refractivity contribution in [1.82, 2.24) is 5.32 Å². The largest absolute Gasteiger partial charge is 0.445 e. The Balaban J connectivity index is 1.29. The molecule has 1 N–H and O–H groups in total. The fourth-order valence-electron chi connectivity index (χ4n) is 6.43. The van der Waals surface area contributed by atoms with E-state index < -0.39 is 6.09 Å². The van der Waals surface area contributed by atoms with E-state index in [1.54, 1.807) is 31.2 Å². The Morgan fingerprint density at radius 2 is 1.60 bits per heavy atom. The normalized spacial score (nSPS) is 21.2. The molecule has 7 nitrogen and oxygen atoms in total. The van der Waals surface area contributed by atoms with Crippen LogP contribution < -0.4 is 14.8 Å². The summed E-state index contributed by atoms with van der Waals surface area (Å²) < 4.78 is 16.6. The molecule has 220 valence electrons. The number of alkyl carbamates (subject to hydrolysis) is 1. The number of hydrogen-bond acceptors (Lipinski definition) is 6. The van der Waals surface area contributed by atoms with Gasteiger partial charge in [0.15, 0.2) is 0 Å². The molecule has 3 aromatic rings. The van der Waals surface area contributed by atoms with Gasteiger partial charge >= 0.3 is 18.0 Å². The van der Waals surface area contributed by atoms with Crippen LogP contribution in [0.25, 0.3) is 0 Å². The number of amides is 1. The van der Waals surface area contributed by atoms with Crippen LogP contribution in [0.4, 0.5) is 4.79 Å². The quantitative estimate of drug-likeness (QED) is 0.236. The number of fused-ring (bicyclic) bond motifs is 4. The van der Waals surface area contributed by atoms with Crippen molar-refractivity contribution in [3.8, 4) is 11.5 Å². The van der Waals surface area contributed by atoms with Crippen LogP contribution in [0.3, 0.4) is 0 Å². The van der Waals surface area contributed by atoms with Crippen LogP contribution in [-0.4, -0.2) is 24.1 Å². The van der Waals surface area contributed by atoms with Crippen LogP contribution in [-0.2, 0) is 39.2 Å². The minimum absolute atomic E-state index is 0.0835. The molecule has 7 heteroatoms. The van der Waals surface area contributed by atoms with Crippen LogP contribution >= 0.6 is 0 Å². The van der Waals surface area contributed by atoms with E-state index in [1.165, 1.54) is 5.56 Å². The highest BCUT2D eigenvalue weighted by Gasteiger charge is 2.47. The smallest absolute Gasteiger partial charge is 0.407 e. The zero-order valence-corrected chi connectivity index (χ0v) is 24.4. The highest BCUT2D eigenvalue weighted by Crippen LogP contribution is 2.47. The van der Waals surface area contributed by atoms with E-state index in [9.17, 15) is 14.4 Å². The summed E-state index contributed by atoms with van der Waals surface area (Å²) in [5, 5.41) is 3.25. The van der Waals surface area contributed by atoms with Gasteiger partial charge in [-0.15, -0.1) is 0 Å². The van der Waals surface area contributed by atoms with Crippen molar-refractivity contribution >= 4 is 18.0 Å². The molecule has 42 heavy (non-hydrogen) atoms. The van der Waals surface area contributed by atoms with Crippen molar-refractivity contribution in [3.05, 3.63) is 95.1 Å². The lowest BCUT2D eigenvalue weighted by Crippen LogP contribution is -2.57. The first-order chi connectivity index (χ1) is 20.3. The lowest BCUT2D eigenvalue weighted by molar-refractivity contribution is -0.134. The maximum Gasteiger partial charge on any atom is 0.407 e. The molecule has 0 aromatic heterocycles. The molecule has 5 rings (SSSR count). The second-order valence-electron chi connectivity index (χ2n) is 11.6. The first-order valence-corrected chi connectivity index (χ1v) is 14.9. The van der Waals surface area contributed by atoms with E-state index >= 15 is 0 Å². The van der Waals surface area contributed by atoms with Gasteiger partial charge in [0, 0.05) is 17.9 Å². The second-order valence-corrected chi connectivity index (χ2v) is 11.6. The summed E-state index contributed by atoms with van der Waals surface area (Å²) in [5.74, 6) is 0.579. The molecule has 2 aliphatic rings. The molecule has 0 saturated heterocycles. The van der Waals surface area contributed by atoms with Crippen LogP contribution in [0, 0.1) is 5.92 Å². The number of ether oxygens (including phenoxy) is 3. The van der Waals surface area contributed by atoms with E-state index in [0.29, 0.717) is 23.8 Å². The van der Waals surface area contributed by atoms with Gasteiger partial charge < -0.3 is 19.5 Å². The van der Waals surface area contributed by atoms with Gasteiger partial charge in [-0.25, -0.2) is 4.79 Å². The summed E-state index contributed by atoms with van der Waals surface area (Å²) in [6, 6.07) is 22.4. The average Bonchev–Trinajstić information content (AvgIpc) is 2.99. The Labute approximate surface area is 247 Å². The third kappa shape index (κ3) is 7.01. The highest BCUT2D eigenvalue weighted by atomic mass is 16.5. The fraction of sp³-hybridized carbons (Fsp3) is 0.400. The Morgan fingerprint density at radius 1 is 0.857 bits per heavy atom. The Morgan fingerprint density at radius 3 is 2.36 bits per heavy atom. The van der Waals surface area contributed by atoms with E-state index in [0.717, 1.165) is 55.2 Å². The van der Waals surface area contributed by atoms with Gasteiger partial charge in [0.05, 0.1) is 6.42 Å². The molecule has 0 radical (unpaired) electrons. The van der Waals surface area contributed by atoms with Crippen LogP contribution in [0.2, 0.25) is 0 Å². The van der Waals surface area contributed by atoms with Crippen LogP contribution in [0.1, 0.15) is 74.6 Å². The highest BCUT2D eigenvalue weighted by molar-refractivity contribution is 5.76. The summed E-state index contributed by atoms with van der Waals surface area (Å²) in [4.78, 5) is 37.4. The van der Waals surface area contributed by atoms with Gasteiger partial charge in [0.2, 0.25) is 0 Å². The van der Waals surface area contributed by atoms with Gasteiger partial charge in [0.1, 0.15) is 18.1 Å². The molecule has 0 aliphatic heterocycles. The minimum Gasteiger partial charge on any atom is -0.445 e. The molecule has 2 bridgehead atoms. The molecular formula is C35H39NO6. The van der Waals surface area contributed by atoms with Gasteiger partial charge in [-0.3, -0.25) is 9.59 Å². The molecule has 1 fully saturated rings. The predicted octanol–water partition coefficient (Wildman–Crippen LogP) is 6.84. The average molecular weight is 570 g/mol. The number of carbonyl (C=O) groups is 3. The third-order valence-electron chi connectivity index (χ3n) is 8.62. The molecule has 0 heterocycles. The number of nitrogens with one attached hydrogen (secondary N) is 1. The zero-order chi connectivity index (χ0) is 29.5. The van der Waals surface area contributed by atoms with Crippen molar-refractivity contribution in [2.45, 2.75) is 83.3 Å². The Hall–Kier alpha value is -4.13. The van der Waals surface area contributed by atoms with Crippen molar-refractivity contribution in [2.75, 3.05) is 0 Å². The first kappa shape index (κ1) is 29.4. The maximum atomic E-state index is 13.0. The lowest BCUT2D eigenvalue weighted by atomic mass is 9.59. The zero-order valence-electron chi connectivity index (χ0n) is 24.4. The van der Waals surface area contributed by atoms with E-state index in [4.69, 9.17) is 14.2 Å². The van der Waals surface area contributed by atoms with Crippen LogP contribution in [0.15, 0.2) is 72.8 Å². The van der Waals surface area contributed by atoms with E-state index in [2.05, 4.69) is 18.3 Å². The number of benzene rings is 3. The number of carbonyl (C=O) groups excluding carboxylic acids is 3. The lowest BCUT2D eigenvalue weighted by Gasteiger charge is -2.49. The van der Waals surface area contributed by atoms with Crippen LogP contribution in [0.5, 0.6) is 11.5 Å². The Bertz CT molecular complexity index is 1400. The van der Waals surface area contributed by atoms with Gasteiger partial charge in [-0.2, -0.15) is 0 Å². The van der Waals surface area contributed by atoms with Crippen molar-refractivity contribution in [2.24, 2.45) is 5.92 Å². The maximum absolute atomic E-state index is 13.0. The monoisotopic (exact) mass is 569 g/mol. The molecular weight excluding hydrogens is 530 g/mol. The molecule has 0 unspecified atom stereocenters. The molecule has 0 spiro atoms. The van der Waals surface area contributed by atoms with E-state index in [-0.39, 0.29) is 36.4 Å². The topological polar surface area (TPSA) is 90.9 Å². The summed E-state index contributed by atoms with van der Waals surface area (Å²) in [7, 11) is 0. The van der Waals surface area contributed by atoms with Gasteiger partial charge in [-0.1, -0.05) is 81.6 Å². The minimum atomic E-state index is -0.401. The fourth-order valence-corrected chi connectivity index (χ4v) is 6.43.